The van der Waals surface area contributed by atoms with E-state index >= 15 is 0 Å². The Morgan fingerprint density at radius 1 is 0.375 bits per heavy atom. The van der Waals surface area contributed by atoms with Crippen LogP contribution in [0.1, 0.15) is 0 Å². The second-order valence-electron chi connectivity index (χ2n) is 0. The van der Waals surface area contributed by atoms with Crippen LogP contribution in [0.5, 0.6) is 0 Å². The van der Waals surface area contributed by atoms with Gasteiger partial charge in [0.05, 0.1) is 0 Å². The fourth-order valence-electron chi connectivity index (χ4n) is 0. The molecule has 0 heterocycles. The van der Waals surface area contributed by atoms with E-state index in [-0.39, 0.29) is 118 Å². The van der Waals surface area contributed by atoms with E-state index in [4.69, 9.17) is 0 Å². The average Bonchev–Trinajstić information content (AvgIpc) is 1.50. The van der Waals surface area contributed by atoms with Gasteiger partial charge in [0.15, 0.2) is 0 Å². The van der Waals surface area contributed by atoms with E-state index in [9.17, 15) is 0 Å². The predicted octanol–water partition coefficient (Wildman–Crippen LogP) is -0.990. The van der Waals surface area contributed by atoms with Crippen molar-refractivity contribution in [3.05, 3.63) is 26.3 Å². The molecular weight excluding hydrogens is 140 g/mol. The molecule has 32 valence electrons. The molecule has 0 saturated carbocycles. The molecule has 0 saturated heterocycles. The van der Waals surface area contributed by atoms with Crippen LogP contribution in [0.4, 0.5) is 0 Å². The number of hydrogen-bond acceptors (Lipinski definition) is 0. The van der Waals surface area contributed by atoms with Gasteiger partial charge in [-0.1, -0.05) is 0 Å². The van der Waals surface area contributed by atoms with Gasteiger partial charge in [0, 0.05) is 0 Å². The Kier molecular flexibility index (Phi) is 408. The van der Waals surface area contributed by atoms with Crippen molar-refractivity contribution in [3.8, 4) is 0 Å². The van der Waals surface area contributed by atoms with Gasteiger partial charge in [-0.25, -0.2) is 0 Å². The monoisotopic (exact) mass is 152 g/mol. The maximum atomic E-state index is 3.00. The summed E-state index contributed by atoms with van der Waals surface area (Å²) in [5, 5.41) is 0. The van der Waals surface area contributed by atoms with E-state index in [1.54, 1.807) is 0 Å². The van der Waals surface area contributed by atoms with Gasteiger partial charge in [-0.3, -0.25) is 0 Å². The Morgan fingerprint density at radius 3 is 0.375 bits per heavy atom. The summed E-state index contributed by atoms with van der Waals surface area (Å²) >= 11 is 0. The molecule has 0 radical (unpaired) electrons. The second kappa shape index (κ2) is 77.8. The molecule has 0 unspecified atom stereocenters. The predicted molar refractivity (Wildman–Crippen MR) is 51.1 cm³/mol. The van der Waals surface area contributed by atoms with E-state index in [1.807, 2.05) is 0 Å². The molecule has 0 aliphatic carbocycles. The van der Waals surface area contributed by atoms with E-state index in [0.29, 0.717) is 0 Å². The van der Waals surface area contributed by atoms with Crippen LogP contribution >= 0.6 is 0 Å². The second-order valence-corrected chi connectivity index (χ2v) is 0. The van der Waals surface area contributed by atoms with Crippen molar-refractivity contribution >= 4 is 118 Å². The van der Waals surface area contributed by atoms with Crippen molar-refractivity contribution in [2.75, 3.05) is 0 Å². The van der Waals surface area contributed by atoms with Crippen molar-refractivity contribution in [1.29, 1.82) is 0 Å². The molecule has 0 spiro atoms. The van der Waals surface area contributed by atoms with Crippen molar-refractivity contribution < 1.29 is 0 Å². The van der Waals surface area contributed by atoms with Crippen molar-refractivity contribution in [3.63, 3.8) is 0 Å². The van der Waals surface area contributed by atoms with E-state index in [1.165, 1.54) is 0 Å². The van der Waals surface area contributed by atoms with Gasteiger partial charge in [0.1, 0.15) is 0 Å². The van der Waals surface area contributed by atoms with Crippen LogP contribution in [0, 0.1) is 0 Å². The summed E-state index contributed by atoms with van der Waals surface area (Å²) in [6, 6.07) is 0. The third kappa shape index (κ3) is 56.3. The summed E-state index contributed by atoms with van der Waals surface area (Å²) < 4.78 is 0. The van der Waals surface area contributed by atoms with Crippen LogP contribution in [0.2, 0.25) is 0 Å². The molecule has 0 amide bonds. The Bertz CT molecular complexity index is 10.0. The molecule has 0 aliphatic heterocycles. The summed E-state index contributed by atoms with van der Waals surface area (Å²) in [6.07, 6.45) is 0. The quantitative estimate of drug-likeness (QED) is 0.309. The molecule has 0 atom stereocenters. The molecule has 4 heteroatoms. The molecule has 0 N–H and O–H groups in total. The first kappa shape index (κ1) is 42.0. The van der Waals surface area contributed by atoms with Crippen LogP contribution in [-0.4, -0.2) is 118 Å². The van der Waals surface area contributed by atoms with Crippen LogP contribution < -0.4 is 0 Å². The van der Waals surface area contributed by atoms with Crippen LogP contribution in [0.25, 0.3) is 0 Å². The van der Waals surface area contributed by atoms with Gasteiger partial charge < -0.3 is 0 Å². The summed E-state index contributed by atoms with van der Waals surface area (Å²) in [6.45, 7) is 12.0. The van der Waals surface area contributed by atoms with Gasteiger partial charge >= 0.3 is 118 Å². The van der Waals surface area contributed by atoms with Gasteiger partial charge in [-0.2, -0.15) is 0 Å². The fraction of sp³-hybridized carbons (Fsp3) is 0. The molecule has 0 aromatic carbocycles. The van der Waals surface area contributed by atoms with Crippen molar-refractivity contribution in [2.24, 2.45) is 0 Å². The first-order valence-electron chi connectivity index (χ1n) is 1.000. The maximum absolute atomic E-state index is 3.00. The van der Waals surface area contributed by atoms with E-state index < -0.39 is 0 Å². The standard InChI is InChI=1S/2C2H4.4Na.4H/c2*1-2;;;;;;;;/h2*1-2H2;;;;;;;;. The van der Waals surface area contributed by atoms with Crippen LogP contribution in [-0.2, 0) is 0 Å². The first-order chi connectivity index (χ1) is 2.00. The molecule has 0 fully saturated rings. The molecule has 0 aromatic heterocycles. The molecular formula is C4H12Na4. The minimum absolute atomic E-state index is 0. The molecule has 0 rings (SSSR count). The molecule has 0 nitrogen and oxygen atoms in total. The summed E-state index contributed by atoms with van der Waals surface area (Å²) in [7, 11) is 0. The SMILES string of the molecule is C=C.C=C.[NaH].[NaH].[NaH].[NaH]. The Morgan fingerprint density at radius 2 is 0.375 bits per heavy atom. The average molecular weight is 152 g/mol. The molecule has 0 bridgehead atoms. The molecule has 0 aromatic rings. The zero-order chi connectivity index (χ0) is 4.00. The zero-order valence-corrected chi connectivity index (χ0v) is 2.83. The minimum atomic E-state index is 0. The van der Waals surface area contributed by atoms with Gasteiger partial charge in [-0.15, -0.1) is 26.3 Å². The van der Waals surface area contributed by atoms with Gasteiger partial charge in [0.2, 0.25) is 0 Å². The van der Waals surface area contributed by atoms with E-state index in [0.717, 1.165) is 0 Å². The fourth-order valence-corrected chi connectivity index (χ4v) is 0. The number of rotatable bonds is 0. The van der Waals surface area contributed by atoms with Gasteiger partial charge in [0.25, 0.3) is 0 Å². The van der Waals surface area contributed by atoms with Crippen molar-refractivity contribution in [2.45, 2.75) is 0 Å². The van der Waals surface area contributed by atoms with Crippen LogP contribution in [0.15, 0.2) is 26.3 Å². The summed E-state index contributed by atoms with van der Waals surface area (Å²) in [5.74, 6) is 0. The zero-order valence-electron chi connectivity index (χ0n) is 2.83. The first-order valence-corrected chi connectivity index (χ1v) is 1.000. The third-order valence-electron chi connectivity index (χ3n) is 0. The van der Waals surface area contributed by atoms with Crippen LogP contribution in [0.3, 0.4) is 0 Å². The molecule has 0 aliphatic rings. The topological polar surface area (TPSA) is 0 Å². The van der Waals surface area contributed by atoms with Crippen molar-refractivity contribution in [1.82, 2.24) is 0 Å². The Labute approximate surface area is 141 Å². The summed E-state index contributed by atoms with van der Waals surface area (Å²) in [4.78, 5) is 0. The Balaban J connectivity index is -0.00000000167. The normalized spacial score (nSPS) is 1.00. The molecule has 8 heavy (non-hydrogen) atoms. The summed E-state index contributed by atoms with van der Waals surface area (Å²) in [5.41, 5.74) is 0. The van der Waals surface area contributed by atoms with Gasteiger partial charge in [-0.05, 0) is 0 Å². The van der Waals surface area contributed by atoms with E-state index in [2.05, 4.69) is 26.3 Å². The number of hydrogen-bond donors (Lipinski definition) is 0. The Hall–Kier alpha value is 3.48. The third-order valence-corrected chi connectivity index (χ3v) is 0.